The normalized spacial score (nSPS) is 11.4. The molecule has 0 bridgehead atoms. The van der Waals surface area contributed by atoms with Gasteiger partial charge in [0.05, 0.1) is 5.69 Å². The Morgan fingerprint density at radius 1 is 0.750 bits per heavy atom. The van der Waals surface area contributed by atoms with Gasteiger partial charge in [0.2, 0.25) is 0 Å². The number of benzene rings is 5. The first-order chi connectivity index (χ1) is 19.7. The Hall–Kier alpha value is -4.74. The predicted octanol–water partition coefficient (Wildman–Crippen LogP) is 8.25. The van der Waals surface area contributed by atoms with Gasteiger partial charge in [-0.15, -0.1) is 11.3 Å². The predicted molar refractivity (Wildman–Crippen MR) is 165 cm³/mol. The van der Waals surface area contributed by atoms with Gasteiger partial charge in [0, 0.05) is 47.9 Å². The summed E-state index contributed by atoms with van der Waals surface area (Å²) < 4.78 is 2.18. The van der Waals surface area contributed by atoms with Crippen molar-refractivity contribution in [2.75, 3.05) is 6.54 Å². The molecule has 194 valence electrons. The third kappa shape index (κ3) is 4.76. The number of aromatic nitrogens is 2. The Morgan fingerprint density at radius 3 is 2.20 bits per heavy atom. The molecule has 7 rings (SSSR count). The molecule has 0 spiro atoms. The van der Waals surface area contributed by atoms with Gasteiger partial charge in [-0.25, -0.2) is 4.98 Å². The lowest BCUT2D eigenvalue weighted by Crippen LogP contribution is -2.32. The maximum absolute atomic E-state index is 13.8. The molecule has 0 aliphatic heterocycles. The summed E-state index contributed by atoms with van der Waals surface area (Å²) in [5, 5.41) is 6.81. The number of carbonyl (C=O) groups excluding carboxylic acids is 1. The maximum atomic E-state index is 13.8. The van der Waals surface area contributed by atoms with Crippen molar-refractivity contribution in [3.8, 4) is 11.3 Å². The quantitative estimate of drug-likeness (QED) is 0.205. The molecule has 2 aromatic heterocycles. The minimum atomic E-state index is 0.0450. The molecule has 5 aromatic carbocycles. The van der Waals surface area contributed by atoms with E-state index in [1.54, 1.807) is 11.3 Å². The number of nitrogens with zero attached hydrogens (tertiary/aromatic N) is 3. The van der Waals surface area contributed by atoms with Crippen LogP contribution in [0.3, 0.4) is 0 Å². The third-order valence-electron chi connectivity index (χ3n) is 7.47. The molecule has 40 heavy (non-hydrogen) atoms. The second-order valence-corrected chi connectivity index (χ2v) is 10.9. The minimum Gasteiger partial charge on any atom is -0.334 e. The Labute approximate surface area is 236 Å². The highest BCUT2D eigenvalue weighted by Crippen LogP contribution is 2.27. The Morgan fingerprint density at radius 2 is 1.43 bits per heavy atom. The van der Waals surface area contributed by atoms with Gasteiger partial charge >= 0.3 is 0 Å². The van der Waals surface area contributed by atoms with Gasteiger partial charge in [0.25, 0.3) is 5.91 Å². The zero-order valence-corrected chi connectivity index (χ0v) is 22.7. The van der Waals surface area contributed by atoms with E-state index in [0.717, 1.165) is 44.7 Å². The number of amides is 1. The van der Waals surface area contributed by atoms with Gasteiger partial charge in [-0.05, 0) is 45.3 Å². The molecule has 7 aromatic rings. The average molecular weight is 538 g/mol. The van der Waals surface area contributed by atoms with Crippen LogP contribution in [0.15, 0.2) is 127 Å². The van der Waals surface area contributed by atoms with Crippen LogP contribution in [-0.2, 0) is 13.0 Å². The van der Waals surface area contributed by atoms with Crippen molar-refractivity contribution in [3.05, 3.63) is 144 Å². The van der Waals surface area contributed by atoms with Crippen molar-refractivity contribution in [3.63, 3.8) is 0 Å². The summed E-state index contributed by atoms with van der Waals surface area (Å²) in [4.78, 5) is 21.7. The molecule has 5 heteroatoms. The summed E-state index contributed by atoms with van der Waals surface area (Å²) in [5.74, 6) is 0.0450. The third-order valence-corrected chi connectivity index (χ3v) is 8.36. The molecule has 2 heterocycles. The van der Waals surface area contributed by atoms with Gasteiger partial charge in [0.15, 0.2) is 4.96 Å². The van der Waals surface area contributed by atoms with E-state index < -0.39 is 0 Å². The average Bonchev–Trinajstić information content (AvgIpc) is 3.60. The van der Waals surface area contributed by atoms with Crippen molar-refractivity contribution >= 4 is 43.7 Å². The van der Waals surface area contributed by atoms with Crippen molar-refractivity contribution in [2.45, 2.75) is 13.0 Å². The fraction of sp³-hybridized carbons (Fsp3) is 0.0857. The molecule has 4 nitrogen and oxygen atoms in total. The van der Waals surface area contributed by atoms with Gasteiger partial charge in [-0.3, -0.25) is 9.20 Å². The van der Waals surface area contributed by atoms with E-state index in [2.05, 4.69) is 82.7 Å². The number of imidazole rings is 1. The van der Waals surface area contributed by atoms with Crippen LogP contribution in [0.2, 0.25) is 0 Å². The number of hydrogen-bond donors (Lipinski definition) is 0. The van der Waals surface area contributed by atoms with Crippen molar-refractivity contribution in [1.82, 2.24) is 14.3 Å². The van der Waals surface area contributed by atoms with Gasteiger partial charge in [0.1, 0.15) is 0 Å². The van der Waals surface area contributed by atoms with E-state index in [9.17, 15) is 4.79 Å². The summed E-state index contributed by atoms with van der Waals surface area (Å²) in [7, 11) is 0. The molecule has 0 N–H and O–H groups in total. The summed E-state index contributed by atoms with van der Waals surface area (Å²) in [6.45, 7) is 1.17. The van der Waals surface area contributed by atoms with E-state index in [0.29, 0.717) is 18.7 Å². The Bertz CT molecular complexity index is 1970. The van der Waals surface area contributed by atoms with Gasteiger partial charge in [-0.2, -0.15) is 0 Å². The molecule has 0 radical (unpaired) electrons. The highest BCUT2D eigenvalue weighted by Gasteiger charge is 2.18. The number of fused-ring (bicyclic) bond motifs is 3. The van der Waals surface area contributed by atoms with Crippen LogP contribution in [0.5, 0.6) is 0 Å². The van der Waals surface area contributed by atoms with Crippen LogP contribution < -0.4 is 0 Å². The van der Waals surface area contributed by atoms with E-state index in [4.69, 9.17) is 4.98 Å². The molecule has 0 saturated carbocycles. The summed E-state index contributed by atoms with van der Waals surface area (Å²) in [6, 6.07) is 39.2. The first kappa shape index (κ1) is 24.3. The van der Waals surface area contributed by atoms with Crippen LogP contribution in [0.25, 0.3) is 37.8 Å². The van der Waals surface area contributed by atoms with Crippen LogP contribution >= 0.6 is 11.3 Å². The number of rotatable bonds is 7. The number of thiazole rings is 1. The first-order valence-corrected chi connectivity index (χ1v) is 14.4. The number of hydrogen-bond acceptors (Lipinski definition) is 3. The summed E-state index contributed by atoms with van der Waals surface area (Å²) >= 11 is 1.64. The lowest BCUT2D eigenvalue weighted by molar-refractivity contribution is 0.0745. The first-order valence-electron chi connectivity index (χ1n) is 13.5. The lowest BCUT2D eigenvalue weighted by atomic mass is 10.1. The maximum Gasteiger partial charge on any atom is 0.254 e. The molecule has 0 saturated heterocycles. The van der Waals surface area contributed by atoms with Gasteiger partial charge in [-0.1, -0.05) is 97.1 Å². The van der Waals surface area contributed by atoms with Gasteiger partial charge < -0.3 is 4.90 Å². The molecule has 0 aliphatic carbocycles. The second kappa shape index (κ2) is 10.4. The molecule has 0 atom stereocenters. The molecular weight excluding hydrogens is 510 g/mol. The van der Waals surface area contributed by atoms with Crippen molar-refractivity contribution in [2.24, 2.45) is 0 Å². The molecule has 0 aliphatic rings. The van der Waals surface area contributed by atoms with E-state index in [-0.39, 0.29) is 5.91 Å². The minimum absolute atomic E-state index is 0.0450. The molecule has 0 unspecified atom stereocenters. The lowest BCUT2D eigenvalue weighted by Gasteiger charge is -2.23. The van der Waals surface area contributed by atoms with Crippen LogP contribution in [-0.4, -0.2) is 26.7 Å². The Balaban J connectivity index is 1.16. The molecule has 1 amide bonds. The largest absolute Gasteiger partial charge is 0.334 e. The number of carbonyl (C=O) groups is 1. The zero-order chi connectivity index (χ0) is 26.9. The SMILES string of the molecule is O=C(c1ccc2ccccc2c1)N(CCc1csc2nc(-c3ccc4ccccc4c3)cn12)Cc1ccccc1. The summed E-state index contributed by atoms with van der Waals surface area (Å²) in [5.41, 5.74) is 5.06. The highest BCUT2D eigenvalue weighted by molar-refractivity contribution is 7.15. The highest BCUT2D eigenvalue weighted by atomic mass is 32.1. The Kier molecular flexibility index (Phi) is 6.34. The summed E-state index contributed by atoms with van der Waals surface area (Å²) in [6.07, 6.45) is 2.86. The fourth-order valence-electron chi connectivity index (χ4n) is 5.31. The smallest absolute Gasteiger partial charge is 0.254 e. The van der Waals surface area contributed by atoms with Crippen LogP contribution in [0.4, 0.5) is 0 Å². The molecule has 0 fully saturated rings. The second-order valence-electron chi connectivity index (χ2n) is 10.1. The zero-order valence-electron chi connectivity index (χ0n) is 21.9. The van der Waals surface area contributed by atoms with E-state index in [1.807, 2.05) is 53.4 Å². The van der Waals surface area contributed by atoms with E-state index in [1.165, 1.54) is 10.8 Å². The fourth-order valence-corrected chi connectivity index (χ4v) is 6.21. The van der Waals surface area contributed by atoms with E-state index >= 15 is 0 Å². The molecular formula is C35H27N3OS. The topological polar surface area (TPSA) is 37.6 Å². The monoisotopic (exact) mass is 537 g/mol. The van der Waals surface area contributed by atoms with Crippen LogP contribution in [0.1, 0.15) is 21.6 Å². The standard InChI is InChI=1S/C35H27N3OS/c39-34(31-17-15-27-11-5-7-13-29(27)21-31)37(22-25-8-2-1-3-9-25)19-18-32-24-40-35-36-33(23-38(32)35)30-16-14-26-10-4-6-12-28(26)20-30/h1-17,20-21,23-24H,18-19,22H2. The van der Waals surface area contributed by atoms with Crippen molar-refractivity contribution < 1.29 is 4.79 Å². The van der Waals surface area contributed by atoms with Crippen LogP contribution in [0, 0.1) is 0 Å². The van der Waals surface area contributed by atoms with Crippen molar-refractivity contribution in [1.29, 1.82) is 0 Å².